The summed E-state index contributed by atoms with van der Waals surface area (Å²) in [5, 5.41) is 7.42. The molecule has 0 amide bonds. The molecule has 4 nitrogen and oxygen atoms in total. The summed E-state index contributed by atoms with van der Waals surface area (Å²) in [5.74, 6) is 0. The highest BCUT2D eigenvalue weighted by atomic mass is 15.3. The van der Waals surface area contributed by atoms with Crippen LogP contribution in [0.1, 0.15) is 11.1 Å². The van der Waals surface area contributed by atoms with E-state index in [0.717, 1.165) is 17.1 Å². The first-order valence-electron chi connectivity index (χ1n) is 21.7. The van der Waals surface area contributed by atoms with Crippen molar-refractivity contribution in [2.45, 2.75) is 25.9 Å². The quantitative estimate of drug-likeness (QED) is 0.164. The second kappa shape index (κ2) is 14.0. The predicted octanol–water partition coefficient (Wildman–Crippen LogP) is 15.1. The van der Waals surface area contributed by atoms with E-state index < -0.39 is 0 Å². The normalized spacial score (nSPS) is 16.5. The molecule has 12 rings (SSSR count). The molecule has 0 spiro atoms. The third kappa shape index (κ3) is 5.39. The number of benzene rings is 9. The molecule has 2 atom stereocenters. The standard InChI is InChI=1S/C58H46N4/c1-37-28-29-40(34-38(37)2)57-45-32-30-42(62-55-26-13-9-22-51(55)60(4)52-23-10-14-27-56(52)62)36-48(45)58(44-19-15-17-39-16-5-6-18-43(39)44)46-33-31-41(35-47(46)57)61-53-24-11-7-20-49(53)59(3)50-21-8-12-25-54(50)61/h5-36,51,55H,1-4H3. The minimum absolute atomic E-state index is 0.134. The number of aryl methyl sites for hydroxylation is 2. The van der Waals surface area contributed by atoms with Crippen LogP contribution in [-0.4, -0.2) is 26.2 Å². The van der Waals surface area contributed by atoms with E-state index in [-0.39, 0.29) is 12.1 Å². The van der Waals surface area contributed by atoms with Gasteiger partial charge < -0.3 is 19.6 Å². The zero-order valence-electron chi connectivity index (χ0n) is 35.4. The van der Waals surface area contributed by atoms with Gasteiger partial charge in [-0.1, -0.05) is 133 Å². The van der Waals surface area contributed by atoms with Crippen molar-refractivity contribution in [1.82, 2.24) is 0 Å². The molecule has 9 aromatic rings. The first-order chi connectivity index (χ1) is 30.4. The van der Waals surface area contributed by atoms with E-state index in [1.165, 1.54) is 94.1 Å². The Kier molecular flexibility index (Phi) is 8.20. The molecule has 2 heterocycles. The second-order valence-corrected chi connectivity index (χ2v) is 17.1. The molecule has 0 fully saturated rings. The maximum atomic E-state index is 2.57. The lowest BCUT2D eigenvalue weighted by Crippen LogP contribution is -2.52. The number of anilines is 8. The number of para-hydroxylation sites is 6. The Morgan fingerprint density at radius 3 is 1.73 bits per heavy atom. The van der Waals surface area contributed by atoms with Gasteiger partial charge in [-0.05, 0) is 140 Å². The van der Waals surface area contributed by atoms with Crippen molar-refractivity contribution in [3.63, 3.8) is 0 Å². The summed E-state index contributed by atoms with van der Waals surface area (Å²) < 4.78 is 0. The monoisotopic (exact) mass is 798 g/mol. The molecule has 0 aromatic heterocycles. The summed E-state index contributed by atoms with van der Waals surface area (Å²) in [5.41, 5.74) is 17.0. The lowest BCUT2D eigenvalue weighted by Gasteiger charge is -2.48. The average Bonchev–Trinajstić information content (AvgIpc) is 3.32. The number of allylic oxidation sites excluding steroid dienone is 2. The van der Waals surface area contributed by atoms with Crippen molar-refractivity contribution in [3.05, 3.63) is 205 Å². The van der Waals surface area contributed by atoms with Gasteiger partial charge in [0.2, 0.25) is 0 Å². The Hall–Kier alpha value is -7.56. The molecular weight excluding hydrogens is 753 g/mol. The van der Waals surface area contributed by atoms with Crippen LogP contribution < -0.4 is 19.6 Å². The van der Waals surface area contributed by atoms with Gasteiger partial charge in [0.05, 0.1) is 46.2 Å². The zero-order chi connectivity index (χ0) is 41.6. The van der Waals surface area contributed by atoms with Crippen LogP contribution in [0.3, 0.4) is 0 Å². The van der Waals surface area contributed by atoms with Crippen molar-refractivity contribution in [2.24, 2.45) is 0 Å². The van der Waals surface area contributed by atoms with Crippen LogP contribution >= 0.6 is 0 Å². The van der Waals surface area contributed by atoms with Gasteiger partial charge >= 0.3 is 0 Å². The number of fused-ring (bicyclic) bond motifs is 7. The van der Waals surface area contributed by atoms with E-state index in [1.807, 2.05) is 0 Å². The van der Waals surface area contributed by atoms with Crippen molar-refractivity contribution in [1.29, 1.82) is 0 Å². The number of rotatable bonds is 4. The Bertz CT molecular complexity index is 3310. The number of hydrogen-bond acceptors (Lipinski definition) is 4. The van der Waals surface area contributed by atoms with Gasteiger partial charge in [-0.25, -0.2) is 0 Å². The summed E-state index contributed by atoms with van der Waals surface area (Å²) in [4.78, 5) is 9.76. The van der Waals surface area contributed by atoms with Crippen LogP contribution in [0.2, 0.25) is 0 Å². The van der Waals surface area contributed by atoms with E-state index in [9.17, 15) is 0 Å². The van der Waals surface area contributed by atoms with Crippen LogP contribution in [0.25, 0.3) is 54.6 Å². The SMILES string of the molecule is Cc1ccc(-c2c3cc(N4c5ccccc5N(C)c5ccccc54)ccc3c(-c3cccc4ccccc34)c3cc(N4c5ccccc5N(C)C5C=CC=CC54)ccc23)cc1C. The fourth-order valence-corrected chi connectivity index (χ4v) is 10.6. The van der Waals surface area contributed by atoms with Crippen LogP contribution in [0.5, 0.6) is 0 Å². The highest BCUT2D eigenvalue weighted by molar-refractivity contribution is 6.24. The lowest BCUT2D eigenvalue weighted by molar-refractivity contribution is 0.620. The minimum Gasteiger partial charge on any atom is -0.364 e. The van der Waals surface area contributed by atoms with E-state index in [2.05, 4.69) is 242 Å². The van der Waals surface area contributed by atoms with Gasteiger partial charge in [-0.3, -0.25) is 0 Å². The molecule has 3 aliphatic rings. The summed E-state index contributed by atoms with van der Waals surface area (Å²) in [7, 11) is 4.40. The van der Waals surface area contributed by atoms with E-state index in [0.29, 0.717) is 0 Å². The Labute approximate surface area is 363 Å². The molecule has 9 aromatic carbocycles. The molecule has 0 bridgehead atoms. The summed E-state index contributed by atoms with van der Waals surface area (Å²) in [6.07, 6.45) is 9.11. The van der Waals surface area contributed by atoms with Crippen molar-refractivity contribution in [2.75, 3.05) is 33.7 Å². The molecule has 0 radical (unpaired) electrons. The van der Waals surface area contributed by atoms with E-state index >= 15 is 0 Å². The maximum absolute atomic E-state index is 2.57. The number of likely N-dealkylation sites (N-methyl/N-ethyl adjacent to an activating group) is 1. The van der Waals surface area contributed by atoms with Gasteiger partial charge in [-0.2, -0.15) is 0 Å². The van der Waals surface area contributed by atoms with Crippen LogP contribution in [0.15, 0.2) is 194 Å². The van der Waals surface area contributed by atoms with Gasteiger partial charge in [0.25, 0.3) is 0 Å². The fourth-order valence-electron chi connectivity index (χ4n) is 10.6. The first kappa shape index (κ1) is 36.3. The third-order valence-electron chi connectivity index (χ3n) is 13.8. The maximum Gasteiger partial charge on any atom is 0.0765 e. The predicted molar refractivity (Wildman–Crippen MR) is 265 cm³/mol. The smallest absolute Gasteiger partial charge is 0.0765 e. The highest BCUT2D eigenvalue weighted by Gasteiger charge is 2.37. The zero-order valence-corrected chi connectivity index (χ0v) is 35.4. The van der Waals surface area contributed by atoms with Crippen molar-refractivity contribution in [3.8, 4) is 22.3 Å². The minimum atomic E-state index is 0.134. The van der Waals surface area contributed by atoms with Gasteiger partial charge in [0.15, 0.2) is 0 Å². The number of nitrogens with zero attached hydrogens (tertiary/aromatic N) is 4. The van der Waals surface area contributed by atoms with Gasteiger partial charge in [0.1, 0.15) is 0 Å². The molecule has 298 valence electrons. The summed E-state index contributed by atoms with van der Waals surface area (Å²) in [6.45, 7) is 4.45. The molecule has 0 saturated heterocycles. The number of hydrogen-bond donors (Lipinski definition) is 0. The van der Waals surface area contributed by atoms with Crippen LogP contribution in [-0.2, 0) is 0 Å². The largest absolute Gasteiger partial charge is 0.364 e. The molecule has 62 heavy (non-hydrogen) atoms. The molecule has 1 aliphatic carbocycles. The van der Waals surface area contributed by atoms with Crippen molar-refractivity contribution < 1.29 is 0 Å². The topological polar surface area (TPSA) is 13.0 Å². The molecule has 0 N–H and O–H groups in total. The van der Waals surface area contributed by atoms with Crippen LogP contribution in [0.4, 0.5) is 45.5 Å². The third-order valence-corrected chi connectivity index (χ3v) is 13.8. The molecule has 0 saturated carbocycles. The van der Waals surface area contributed by atoms with Crippen molar-refractivity contribution >= 4 is 77.8 Å². The van der Waals surface area contributed by atoms with Gasteiger partial charge in [-0.15, -0.1) is 0 Å². The highest BCUT2D eigenvalue weighted by Crippen LogP contribution is 2.54. The Balaban J connectivity index is 1.20. The van der Waals surface area contributed by atoms with Gasteiger partial charge in [0, 0.05) is 25.5 Å². The Morgan fingerprint density at radius 1 is 0.403 bits per heavy atom. The first-order valence-corrected chi connectivity index (χ1v) is 21.7. The lowest BCUT2D eigenvalue weighted by atomic mass is 9.83. The van der Waals surface area contributed by atoms with E-state index in [4.69, 9.17) is 0 Å². The molecular formula is C58H46N4. The molecule has 2 aliphatic heterocycles. The fraction of sp³-hybridized carbons (Fsp3) is 0.103. The average molecular weight is 799 g/mol. The van der Waals surface area contributed by atoms with Crippen LogP contribution in [0, 0.1) is 13.8 Å². The molecule has 4 heteroatoms. The Morgan fingerprint density at radius 2 is 0.984 bits per heavy atom. The summed E-state index contributed by atoms with van der Waals surface area (Å²) >= 11 is 0. The summed E-state index contributed by atoms with van der Waals surface area (Å²) in [6, 6.07) is 63.9. The van der Waals surface area contributed by atoms with E-state index in [1.54, 1.807) is 0 Å². The second-order valence-electron chi connectivity index (χ2n) is 17.1. The molecule has 2 unspecified atom stereocenters.